The molecule has 2 aromatic rings. The number of hydrogen-bond acceptors (Lipinski definition) is 4. The van der Waals surface area contributed by atoms with Gasteiger partial charge in [-0.05, 0) is 61.7 Å². The van der Waals surface area contributed by atoms with Crippen molar-refractivity contribution in [3.63, 3.8) is 0 Å². The van der Waals surface area contributed by atoms with E-state index >= 15 is 0 Å². The summed E-state index contributed by atoms with van der Waals surface area (Å²) in [6, 6.07) is 11.0. The molecule has 0 aromatic heterocycles. The minimum absolute atomic E-state index is 0.195. The van der Waals surface area contributed by atoms with E-state index < -0.39 is 10.0 Å². The lowest BCUT2D eigenvalue weighted by atomic mass is 10.1. The van der Waals surface area contributed by atoms with Crippen molar-refractivity contribution in [2.45, 2.75) is 25.7 Å². The monoisotopic (exact) mass is 349 g/mol. The molecule has 2 rings (SSSR count). The van der Waals surface area contributed by atoms with E-state index in [4.69, 9.17) is 9.47 Å². The second kappa shape index (κ2) is 7.68. The van der Waals surface area contributed by atoms with Crippen molar-refractivity contribution in [3.8, 4) is 11.5 Å². The average molecular weight is 349 g/mol. The van der Waals surface area contributed by atoms with Gasteiger partial charge in [0.05, 0.1) is 12.0 Å². The second-order valence-electron chi connectivity index (χ2n) is 5.65. The summed E-state index contributed by atoms with van der Waals surface area (Å²) >= 11 is 0. The average Bonchev–Trinajstić information content (AvgIpc) is 2.53. The van der Waals surface area contributed by atoms with Gasteiger partial charge < -0.3 is 9.47 Å². The number of benzene rings is 2. The van der Waals surface area contributed by atoms with Crippen LogP contribution in [0.3, 0.4) is 0 Å². The quantitative estimate of drug-likeness (QED) is 0.781. The topological polar surface area (TPSA) is 64.6 Å². The maximum atomic E-state index is 12.5. The van der Waals surface area contributed by atoms with E-state index in [1.54, 1.807) is 26.2 Å². The Morgan fingerprint density at radius 2 is 1.79 bits per heavy atom. The molecular formula is C18H23NO4S. The van der Waals surface area contributed by atoms with Gasteiger partial charge in [-0.3, -0.25) is 0 Å². The van der Waals surface area contributed by atoms with Gasteiger partial charge in [0.1, 0.15) is 18.1 Å². The zero-order valence-corrected chi connectivity index (χ0v) is 15.2. The van der Waals surface area contributed by atoms with Gasteiger partial charge >= 0.3 is 0 Å². The number of rotatable bonds is 7. The van der Waals surface area contributed by atoms with Crippen LogP contribution in [-0.4, -0.2) is 28.7 Å². The zero-order valence-electron chi connectivity index (χ0n) is 14.4. The first kappa shape index (κ1) is 18.3. The fourth-order valence-electron chi connectivity index (χ4n) is 2.40. The van der Waals surface area contributed by atoms with Crippen LogP contribution < -0.4 is 14.2 Å². The van der Waals surface area contributed by atoms with Gasteiger partial charge in [-0.1, -0.05) is 12.1 Å². The summed E-state index contributed by atoms with van der Waals surface area (Å²) in [4.78, 5) is 0.261. The van der Waals surface area contributed by atoms with E-state index in [2.05, 4.69) is 4.72 Å². The molecule has 0 amide bonds. The van der Waals surface area contributed by atoms with Gasteiger partial charge in [0.25, 0.3) is 0 Å². The van der Waals surface area contributed by atoms with Crippen LogP contribution in [0.4, 0.5) is 0 Å². The van der Waals surface area contributed by atoms with Crippen LogP contribution in [0.1, 0.15) is 16.7 Å². The highest BCUT2D eigenvalue weighted by atomic mass is 32.2. The molecule has 0 heterocycles. The number of nitrogens with one attached hydrogen (secondary N) is 1. The molecule has 0 saturated heterocycles. The van der Waals surface area contributed by atoms with Crippen LogP contribution in [0.5, 0.6) is 11.5 Å². The number of ether oxygens (including phenoxy) is 2. The molecule has 0 aliphatic carbocycles. The molecule has 0 radical (unpaired) electrons. The third-order valence-corrected chi connectivity index (χ3v) is 5.24. The summed E-state index contributed by atoms with van der Waals surface area (Å²) in [5.41, 5.74) is 2.52. The van der Waals surface area contributed by atoms with Gasteiger partial charge in [-0.15, -0.1) is 0 Å². The Morgan fingerprint density at radius 3 is 2.46 bits per heavy atom. The predicted octanol–water partition coefficient (Wildman–Crippen LogP) is 2.98. The number of methoxy groups -OCH3 is 1. The van der Waals surface area contributed by atoms with Crippen molar-refractivity contribution >= 4 is 10.0 Å². The van der Waals surface area contributed by atoms with Gasteiger partial charge in [0, 0.05) is 6.54 Å². The lowest BCUT2D eigenvalue weighted by Crippen LogP contribution is -2.29. The summed E-state index contributed by atoms with van der Waals surface area (Å²) < 4.78 is 38.3. The lowest BCUT2D eigenvalue weighted by Gasteiger charge is -2.13. The molecule has 2 aromatic carbocycles. The van der Waals surface area contributed by atoms with Crippen molar-refractivity contribution in [3.05, 3.63) is 53.1 Å². The highest BCUT2D eigenvalue weighted by Gasteiger charge is 2.18. The smallest absolute Gasteiger partial charge is 0.240 e. The van der Waals surface area contributed by atoms with Crippen molar-refractivity contribution in [1.82, 2.24) is 4.72 Å². The predicted molar refractivity (Wildman–Crippen MR) is 94.3 cm³/mol. The van der Waals surface area contributed by atoms with E-state index in [-0.39, 0.29) is 18.0 Å². The molecule has 0 spiro atoms. The van der Waals surface area contributed by atoms with Crippen LogP contribution in [0.15, 0.2) is 41.3 Å². The van der Waals surface area contributed by atoms with Gasteiger partial charge in [-0.2, -0.15) is 0 Å². The molecule has 0 fully saturated rings. The summed E-state index contributed by atoms with van der Waals surface area (Å²) in [6.45, 7) is 6.00. The molecule has 130 valence electrons. The van der Waals surface area contributed by atoms with Crippen LogP contribution in [0, 0.1) is 20.8 Å². The van der Waals surface area contributed by atoms with Crippen molar-refractivity contribution < 1.29 is 17.9 Å². The van der Waals surface area contributed by atoms with Crippen molar-refractivity contribution in [2.75, 3.05) is 20.3 Å². The zero-order chi connectivity index (χ0) is 17.7. The highest BCUT2D eigenvalue weighted by Crippen LogP contribution is 2.25. The fourth-order valence-corrected chi connectivity index (χ4v) is 3.72. The van der Waals surface area contributed by atoms with Gasteiger partial charge in [0.15, 0.2) is 0 Å². The van der Waals surface area contributed by atoms with Crippen LogP contribution >= 0.6 is 0 Å². The van der Waals surface area contributed by atoms with E-state index in [0.29, 0.717) is 11.3 Å². The third-order valence-electron chi connectivity index (χ3n) is 3.63. The minimum atomic E-state index is -3.59. The summed E-state index contributed by atoms with van der Waals surface area (Å²) in [5, 5.41) is 0. The second-order valence-corrected chi connectivity index (χ2v) is 7.39. The minimum Gasteiger partial charge on any atom is -0.496 e. The van der Waals surface area contributed by atoms with Gasteiger partial charge in [-0.25, -0.2) is 13.1 Å². The maximum absolute atomic E-state index is 12.5. The molecule has 1 N–H and O–H groups in total. The van der Waals surface area contributed by atoms with Crippen LogP contribution in [0.2, 0.25) is 0 Å². The molecule has 24 heavy (non-hydrogen) atoms. The summed E-state index contributed by atoms with van der Waals surface area (Å²) in [5.74, 6) is 1.40. The van der Waals surface area contributed by atoms with Crippen molar-refractivity contribution in [1.29, 1.82) is 0 Å². The Bertz CT molecular complexity index is 816. The first-order valence-corrected chi connectivity index (χ1v) is 9.16. The summed E-state index contributed by atoms with van der Waals surface area (Å²) in [6.07, 6.45) is 0. The first-order chi connectivity index (χ1) is 11.3. The molecule has 0 bridgehead atoms. The fraction of sp³-hybridized carbons (Fsp3) is 0.333. The van der Waals surface area contributed by atoms with E-state index in [0.717, 1.165) is 16.9 Å². The first-order valence-electron chi connectivity index (χ1n) is 7.68. The van der Waals surface area contributed by atoms with Crippen molar-refractivity contribution in [2.24, 2.45) is 0 Å². The Kier molecular flexibility index (Phi) is 5.85. The van der Waals surface area contributed by atoms with E-state index in [1.165, 1.54) is 0 Å². The Balaban J connectivity index is 2.00. The number of aryl methyl sites for hydroxylation is 3. The Morgan fingerprint density at radius 1 is 1.04 bits per heavy atom. The molecule has 0 unspecified atom stereocenters. The maximum Gasteiger partial charge on any atom is 0.240 e. The largest absolute Gasteiger partial charge is 0.496 e. The third kappa shape index (κ3) is 4.49. The van der Waals surface area contributed by atoms with E-state index in [9.17, 15) is 8.42 Å². The molecule has 0 saturated carbocycles. The Labute approximate surface area is 143 Å². The SMILES string of the molecule is COc1cc(C)c(S(=O)(=O)NCCOc2cccc(C)c2)cc1C. The standard InChI is InChI=1S/C18H23NO4S/c1-13-6-5-7-16(10-13)23-9-8-19-24(20,21)18-12-14(2)17(22-4)11-15(18)3/h5-7,10-12,19H,8-9H2,1-4H3. The lowest BCUT2D eigenvalue weighted by molar-refractivity contribution is 0.322. The summed E-state index contributed by atoms with van der Waals surface area (Å²) in [7, 11) is -2.02. The molecule has 0 aliphatic heterocycles. The molecule has 0 aliphatic rings. The normalized spacial score (nSPS) is 11.3. The number of hydrogen-bond donors (Lipinski definition) is 1. The van der Waals surface area contributed by atoms with Crippen LogP contribution in [-0.2, 0) is 10.0 Å². The molecule has 0 atom stereocenters. The highest BCUT2D eigenvalue weighted by molar-refractivity contribution is 7.89. The number of sulfonamides is 1. The van der Waals surface area contributed by atoms with E-state index in [1.807, 2.05) is 38.1 Å². The van der Waals surface area contributed by atoms with Gasteiger partial charge in [0.2, 0.25) is 10.0 Å². The molecule has 5 nitrogen and oxygen atoms in total. The van der Waals surface area contributed by atoms with Crippen LogP contribution in [0.25, 0.3) is 0 Å². The molecule has 6 heteroatoms. The molecular weight excluding hydrogens is 326 g/mol. The Hall–Kier alpha value is -2.05.